The van der Waals surface area contributed by atoms with E-state index in [0.717, 1.165) is 62.8 Å². The van der Waals surface area contributed by atoms with Gasteiger partial charge in [0.05, 0.1) is 0 Å². The molecule has 39 heavy (non-hydrogen) atoms. The van der Waals surface area contributed by atoms with Crippen molar-refractivity contribution in [3.63, 3.8) is 0 Å². The lowest BCUT2D eigenvalue weighted by atomic mass is 9.85. The lowest BCUT2D eigenvalue weighted by Crippen LogP contribution is -2.04. The molecular formula is C37H40O2. The van der Waals surface area contributed by atoms with Gasteiger partial charge in [0.15, 0.2) is 0 Å². The first-order valence-corrected chi connectivity index (χ1v) is 13.9. The highest BCUT2D eigenvalue weighted by atomic mass is 16.5. The Kier molecular flexibility index (Phi) is 9.09. The van der Waals surface area contributed by atoms with Crippen molar-refractivity contribution in [2.45, 2.75) is 60.8 Å². The molecule has 2 heteroatoms. The Bertz CT molecular complexity index is 1350. The molecule has 0 amide bonds. The third kappa shape index (κ3) is 6.34. The van der Waals surface area contributed by atoms with E-state index < -0.39 is 0 Å². The largest absolute Gasteiger partial charge is 0.456 e. The van der Waals surface area contributed by atoms with E-state index >= 15 is 0 Å². The lowest BCUT2D eigenvalue weighted by Gasteiger charge is -2.22. The summed E-state index contributed by atoms with van der Waals surface area (Å²) in [5.41, 5.74) is 9.37. The van der Waals surface area contributed by atoms with Crippen molar-refractivity contribution in [2.24, 2.45) is 0 Å². The fourth-order valence-corrected chi connectivity index (χ4v) is 5.36. The molecule has 0 unspecified atom stereocenters. The predicted octanol–water partition coefficient (Wildman–Crippen LogP) is 11.1. The molecule has 0 bridgehead atoms. The molecule has 0 aliphatic rings. The van der Waals surface area contributed by atoms with Crippen molar-refractivity contribution >= 4 is 12.2 Å². The van der Waals surface area contributed by atoms with E-state index in [1.807, 2.05) is 62.4 Å². The summed E-state index contributed by atoms with van der Waals surface area (Å²) >= 11 is 0. The van der Waals surface area contributed by atoms with Crippen molar-refractivity contribution in [3.8, 4) is 23.0 Å². The van der Waals surface area contributed by atoms with E-state index in [4.69, 9.17) is 9.47 Å². The van der Waals surface area contributed by atoms with Gasteiger partial charge in [-0.2, -0.15) is 0 Å². The van der Waals surface area contributed by atoms with Gasteiger partial charge in [-0.05, 0) is 93.5 Å². The van der Waals surface area contributed by atoms with Crippen LogP contribution in [-0.4, -0.2) is 0 Å². The highest BCUT2D eigenvalue weighted by molar-refractivity contribution is 5.60. The number of rotatable bonds is 9. The Balaban J connectivity index is 1.65. The van der Waals surface area contributed by atoms with Crippen LogP contribution >= 0.6 is 0 Å². The maximum absolute atomic E-state index is 6.46. The molecule has 0 saturated heterocycles. The number of ether oxygens (including phenoxy) is 2. The summed E-state index contributed by atoms with van der Waals surface area (Å²) in [6.45, 7) is 14.9. The molecule has 0 heterocycles. The first-order valence-electron chi connectivity index (χ1n) is 13.9. The first kappa shape index (κ1) is 28.0. The quantitative estimate of drug-likeness (QED) is 0.220. The van der Waals surface area contributed by atoms with Gasteiger partial charge < -0.3 is 9.47 Å². The van der Waals surface area contributed by atoms with Crippen molar-refractivity contribution in [3.05, 3.63) is 129 Å². The van der Waals surface area contributed by atoms with Crippen LogP contribution in [0.15, 0.2) is 84.9 Å². The lowest BCUT2D eigenvalue weighted by molar-refractivity contribution is 0.473. The van der Waals surface area contributed by atoms with Crippen LogP contribution in [0.1, 0.15) is 77.6 Å². The number of aryl methyl sites for hydroxylation is 4. The topological polar surface area (TPSA) is 18.5 Å². The zero-order valence-corrected chi connectivity index (χ0v) is 24.3. The molecule has 0 aromatic heterocycles. The number of hydrogen-bond acceptors (Lipinski definition) is 2. The summed E-state index contributed by atoms with van der Waals surface area (Å²) in [6, 6.07) is 25.5. The van der Waals surface area contributed by atoms with E-state index in [2.05, 4.69) is 83.2 Å². The Hall–Kier alpha value is -4.04. The number of para-hydroxylation sites is 2. The van der Waals surface area contributed by atoms with Crippen molar-refractivity contribution in [2.75, 3.05) is 0 Å². The summed E-state index contributed by atoms with van der Waals surface area (Å²) in [4.78, 5) is 0. The summed E-state index contributed by atoms with van der Waals surface area (Å²) < 4.78 is 12.9. The van der Waals surface area contributed by atoms with Gasteiger partial charge in [-0.1, -0.05) is 91.9 Å². The van der Waals surface area contributed by atoms with E-state index in [9.17, 15) is 0 Å². The van der Waals surface area contributed by atoms with E-state index in [1.165, 1.54) is 11.1 Å². The highest BCUT2D eigenvalue weighted by Gasteiger charge is 2.19. The molecular weight excluding hydrogens is 476 g/mol. The monoisotopic (exact) mass is 516 g/mol. The molecule has 0 fully saturated rings. The molecule has 0 spiro atoms. The van der Waals surface area contributed by atoms with Crippen LogP contribution in [0.5, 0.6) is 23.0 Å². The molecule has 0 atom stereocenters. The van der Waals surface area contributed by atoms with Crippen LogP contribution in [0.25, 0.3) is 12.2 Å². The molecule has 4 aromatic rings. The Morgan fingerprint density at radius 1 is 0.590 bits per heavy atom. The summed E-state index contributed by atoms with van der Waals surface area (Å²) in [5, 5.41) is 0. The molecule has 0 saturated carbocycles. The van der Waals surface area contributed by atoms with Crippen LogP contribution in [0.2, 0.25) is 0 Å². The number of allylic oxidation sites excluding steroid dienone is 2. The Morgan fingerprint density at radius 2 is 0.949 bits per heavy atom. The molecule has 200 valence electrons. The maximum Gasteiger partial charge on any atom is 0.134 e. The standard InChI is InChI=1S/C37H40O2/c1-8-15-29-17-11-13-19-34(29)38-36-25(4)21-31(22-26(36)5)33(10-3)32-23-27(6)37(28(7)24-32)39-35-20-14-12-18-30(35)16-9-2/h8-9,11-24,33H,10H2,1-7H3. The van der Waals surface area contributed by atoms with Crippen molar-refractivity contribution < 1.29 is 9.47 Å². The first-order chi connectivity index (χ1) is 18.9. The molecule has 0 aliphatic carbocycles. The van der Waals surface area contributed by atoms with Gasteiger partial charge in [-0.3, -0.25) is 0 Å². The predicted molar refractivity (Wildman–Crippen MR) is 166 cm³/mol. The van der Waals surface area contributed by atoms with E-state index in [1.54, 1.807) is 0 Å². The minimum absolute atomic E-state index is 0.286. The molecule has 0 aliphatic heterocycles. The highest BCUT2D eigenvalue weighted by Crippen LogP contribution is 2.39. The molecule has 2 nitrogen and oxygen atoms in total. The number of hydrogen-bond donors (Lipinski definition) is 0. The van der Waals surface area contributed by atoms with Crippen LogP contribution in [0.3, 0.4) is 0 Å². The Morgan fingerprint density at radius 3 is 1.28 bits per heavy atom. The third-order valence-corrected chi connectivity index (χ3v) is 7.13. The Labute approximate surface area is 234 Å². The van der Waals surface area contributed by atoms with Gasteiger partial charge in [0.25, 0.3) is 0 Å². The normalized spacial score (nSPS) is 12.3. The van der Waals surface area contributed by atoms with E-state index in [0.29, 0.717) is 0 Å². The van der Waals surface area contributed by atoms with Crippen molar-refractivity contribution in [1.29, 1.82) is 0 Å². The minimum atomic E-state index is 0.286. The molecule has 4 rings (SSSR count). The summed E-state index contributed by atoms with van der Waals surface area (Å²) in [5.74, 6) is 3.90. The summed E-state index contributed by atoms with van der Waals surface area (Å²) in [6.07, 6.45) is 9.25. The second-order valence-corrected chi connectivity index (χ2v) is 10.2. The molecule has 4 aromatic carbocycles. The zero-order chi connectivity index (χ0) is 27.9. The average Bonchev–Trinajstić information content (AvgIpc) is 2.91. The summed E-state index contributed by atoms with van der Waals surface area (Å²) in [7, 11) is 0. The third-order valence-electron chi connectivity index (χ3n) is 7.13. The second kappa shape index (κ2) is 12.7. The van der Waals surface area contributed by atoms with Crippen molar-refractivity contribution in [1.82, 2.24) is 0 Å². The molecule has 0 N–H and O–H groups in total. The molecule has 0 radical (unpaired) electrons. The smallest absolute Gasteiger partial charge is 0.134 e. The zero-order valence-electron chi connectivity index (χ0n) is 24.3. The van der Waals surface area contributed by atoms with Gasteiger partial charge in [0, 0.05) is 17.0 Å². The van der Waals surface area contributed by atoms with E-state index in [-0.39, 0.29) is 5.92 Å². The van der Waals surface area contributed by atoms with Crippen LogP contribution < -0.4 is 9.47 Å². The average molecular weight is 517 g/mol. The van der Waals surface area contributed by atoms with Gasteiger partial charge in [0.1, 0.15) is 23.0 Å². The fourth-order valence-electron chi connectivity index (χ4n) is 5.36. The minimum Gasteiger partial charge on any atom is -0.456 e. The second-order valence-electron chi connectivity index (χ2n) is 10.2. The van der Waals surface area contributed by atoms with Gasteiger partial charge in [0.2, 0.25) is 0 Å². The fraction of sp³-hybridized carbons (Fsp3) is 0.243. The van der Waals surface area contributed by atoms with Gasteiger partial charge >= 0.3 is 0 Å². The maximum atomic E-state index is 6.46. The van der Waals surface area contributed by atoms with Crippen LogP contribution in [0, 0.1) is 27.7 Å². The SMILES string of the molecule is CC=Cc1ccccc1Oc1c(C)cc(C(CC)c2cc(C)c(Oc3ccccc3C=CC)c(C)c2)cc1C. The van der Waals surface area contributed by atoms with Crippen LogP contribution in [0.4, 0.5) is 0 Å². The van der Waals surface area contributed by atoms with Gasteiger partial charge in [-0.25, -0.2) is 0 Å². The van der Waals surface area contributed by atoms with Gasteiger partial charge in [-0.15, -0.1) is 0 Å². The number of benzene rings is 4. The van der Waals surface area contributed by atoms with Crippen LogP contribution in [-0.2, 0) is 0 Å².